The summed E-state index contributed by atoms with van der Waals surface area (Å²) in [7, 11) is 0. The van der Waals surface area contributed by atoms with E-state index < -0.39 is 5.60 Å². The van der Waals surface area contributed by atoms with Crippen molar-refractivity contribution in [1.29, 1.82) is 0 Å². The molecule has 5 rings (SSSR count). The number of hydrogen-bond acceptors (Lipinski definition) is 5. The van der Waals surface area contributed by atoms with Crippen LogP contribution in [-0.2, 0) is 0 Å². The lowest BCUT2D eigenvalue weighted by atomic mass is 9.82. The summed E-state index contributed by atoms with van der Waals surface area (Å²) in [5.41, 5.74) is 2.47. The molecule has 0 N–H and O–H groups in total. The van der Waals surface area contributed by atoms with Crippen LogP contribution in [0.25, 0.3) is 11.1 Å². The van der Waals surface area contributed by atoms with E-state index in [1.54, 1.807) is 18.2 Å². The summed E-state index contributed by atoms with van der Waals surface area (Å²) >= 11 is 12.2. The summed E-state index contributed by atoms with van der Waals surface area (Å²) in [4.78, 5) is 19.4. The first-order valence-corrected chi connectivity index (χ1v) is 10.0. The predicted octanol–water partition coefficient (Wildman–Crippen LogP) is 5.45. The van der Waals surface area contributed by atoms with Crippen LogP contribution in [0.1, 0.15) is 35.2 Å². The Morgan fingerprint density at radius 2 is 1.93 bits per heavy atom. The van der Waals surface area contributed by atoms with Gasteiger partial charge in [0.05, 0.1) is 12.0 Å². The number of ether oxygens (including phenoxy) is 1. The minimum atomic E-state index is -0.476. The molecule has 0 atom stereocenters. The van der Waals surface area contributed by atoms with Gasteiger partial charge >= 0.3 is 0 Å². The smallest absolute Gasteiger partial charge is 0.298 e. The van der Waals surface area contributed by atoms with Gasteiger partial charge in [-0.15, -0.1) is 0 Å². The van der Waals surface area contributed by atoms with Crippen molar-refractivity contribution >= 4 is 46.1 Å². The van der Waals surface area contributed by atoms with Crippen LogP contribution in [0.5, 0.6) is 5.75 Å². The fourth-order valence-electron chi connectivity index (χ4n) is 4.02. The van der Waals surface area contributed by atoms with E-state index in [1.165, 1.54) is 0 Å². The van der Waals surface area contributed by atoms with Crippen molar-refractivity contribution in [3.63, 3.8) is 0 Å². The van der Waals surface area contributed by atoms with E-state index in [4.69, 9.17) is 32.4 Å². The van der Waals surface area contributed by atoms with Gasteiger partial charge in [-0.2, -0.15) is 4.98 Å². The van der Waals surface area contributed by atoms with Gasteiger partial charge in [-0.1, -0.05) is 23.2 Å². The Bertz CT molecular complexity index is 1100. The number of benzene rings is 2. The number of carbonyl (C=O) groups excluding carboxylic acids is 1. The molecule has 144 valence electrons. The maximum absolute atomic E-state index is 12.7. The van der Waals surface area contributed by atoms with E-state index in [1.807, 2.05) is 19.1 Å². The highest BCUT2D eigenvalue weighted by atomic mass is 35.5. The molecule has 1 spiro atoms. The topological polar surface area (TPSA) is 55.6 Å². The van der Waals surface area contributed by atoms with Gasteiger partial charge in [0.15, 0.2) is 11.4 Å². The zero-order valence-corrected chi connectivity index (χ0v) is 16.8. The van der Waals surface area contributed by atoms with Gasteiger partial charge in [-0.25, -0.2) is 0 Å². The second kappa shape index (κ2) is 6.39. The minimum absolute atomic E-state index is 0.0908. The van der Waals surface area contributed by atoms with Crippen molar-refractivity contribution in [3.05, 3.63) is 51.5 Å². The highest BCUT2D eigenvalue weighted by Crippen LogP contribution is 2.41. The molecule has 0 radical (unpaired) electrons. The lowest BCUT2D eigenvalue weighted by molar-refractivity contribution is 0.0226. The molecule has 0 saturated carbocycles. The van der Waals surface area contributed by atoms with Gasteiger partial charge < -0.3 is 14.1 Å². The van der Waals surface area contributed by atoms with Crippen LogP contribution >= 0.6 is 23.2 Å². The third kappa shape index (κ3) is 2.93. The van der Waals surface area contributed by atoms with Gasteiger partial charge in [-0.05, 0) is 42.8 Å². The van der Waals surface area contributed by atoms with Crippen LogP contribution in [0, 0.1) is 6.92 Å². The predicted molar refractivity (Wildman–Crippen MR) is 109 cm³/mol. The van der Waals surface area contributed by atoms with Gasteiger partial charge in [-0.3, -0.25) is 4.79 Å². The van der Waals surface area contributed by atoms with E-state index in [-0.39, 0.29) is 5.78 Å². The Kier molecular flexibility index (Phi) is 4.07. The second-order valence-electron chi connectivity index (χ2n) is 7.58. The maximum atomic E-state index is 12.7. The van der Waals surface area contributed by atoms with Crippen molar-refractivity contribution < 1.29 is 13.9 Å². The van der Waals surface area contributed by atoms with Gasteiger partial charge in [0.1, 0.15) is 16.9 Å². The number of aryl methyl sites for hydroxylation is 1. The first kappa shape index (κ1) is 17.8. The molecule has 0 bridgehead atoms. The van der Waals surface area contributed by atoms with Crippen LogP contribution in [0.2, 0.25) is 10.0 Å². The number of oxazole rings is 1. The van der Waals surface area contributed by atoms with Crippen LogP contribution in [0.15, 0.2) is 34.7 Å². The van der Waals surface area contributed by atoms with Crippen LogP contribution in [0.3, 0.4) is 0 Å². The Hall–Kier alpha value is -2.24. The summed E-state index contributed by atoms with van der Waals surface area (Å²) < 4.78 is 12.2. The van der Waals surface area contributed by atoms with Gasteiger partial charge in [0.25, 0.3) is 6.01 Å². The number of fused-ring (bicyclic) bond motifs is 2. The van der Waals surface area contributed by atoms with Gasteiger partial charge in [0.2, 0.25) is 0 Å². The molecular weight excluding hydrogens is 399 g/mol. The fourth-order valence-corrected chi connectivity index (χ4v) is 4.35. The van der Waals surface area contributed by atoms with Gasteiger partial charge in [0, 0.05) is 36.0 Å². The molecule has 2 aliphatic heterocycles. The van der Waals surface area contributed by atoms with Crippen molar-refractivity contribution in [2.24, 2.45) is 0 Å². The highest BCUT2D eigenvalue weighted by Gasteiger charge is 2.43. The normalized spacial score (nSPS) is 18.4. The molecule has 1 fully saturated rings. The Labute approximate surface area is 172 Å². The molecule has 3 aromatic rings. The average molecular weight is 417 g/mol. The maximum Gasteiger partial charge on any atom is 0.298 e. The lowest BCUT2D eigenvalue weighted by Gasteiger charge is -2.43. The summed E-state index contributed by atoms with van der Waals surface area (Å²) in [6, 6.07) is 9.58. The van der Waals surface area contributed by atoms with Crippen molar-refractivity contribution in [2.45, 2.75) is 31.8 Å². The molecule has 2 aliphatic rings. The molecule has 2 aromatic carbocycles. The Balaban J connectivity index is 1.37. The summed E-state index contributed by atoms with van der Waals surface area (Å²) in [6.07, 6.45) is 1.81. The molecule has 5 nitrogen and oxygen atoms in total. The zero-order chi connectivity index (χ0) is 19.5. The Morgan fingerprint density at radius 3 is 2.71 bits per heavy atom. The number of ketones is 1. The summed E-state index contributed by atoms with van der Waals surface area (Å²) in [5.74, 6) is 0.733. The fraction of sp³-hybridized carbons (Fsp3) is 0.333. The number of aromatic nitrogens is 1. The van der Waals surface area contributed by atoms with E-state index >= 15 is 0 Å². The van der Waals surface area contributed by atoms with Crippen LogP contribution in [0.4, 0.5) is 6.01 Å². The SMILES string of the molecule is Cc1cc2c(cc1Cl)C(=O)CC1(CCN(c3nc4cc(Cl)ccc4o3)CC1)O2. The Morgan fingerprint density at radius 1 is 1.14 bits per heavy atom. The summed E-state index contributed by atoms with van der Waals surface area (Å²) in [6.45, 7) is 3.32. The molecule has 28 heavy (non-hydrogen) atoms. The number of anilines is 1. The molecule has 1 aromatic heterocycles. The van der Waals surface area contributed by atoms with Crippen molar-refractivity contribution in [3.8, 4) is 5.75 Å². The quantitative estimate of drug-likeness (QED) is 0.527. The molecule has 3 heterocycles. The third-order valence-corrected chi connectivity index (χ3v) is 6.30. The number of halogens is 2. The van der Waals surface area contributed by atoms with Crippen LogP contribution < -0.4 is 9.64 Å². The van der Waals surface area contributed by atoms with Crippen molar-refractivity contribution in [2.75, 3.05) is 18.0 Å². The zero-order valence-electron chi connectivity index (χ0n) is 15.3. The number of piperidine rings is 1. The van der Waals surface area contributed by atoms with E-state index in [0.717, 1.165) is 23.9 Å². The molecular formula is C21H18Cl2N2O3. The summed E-state index contributed by atoms with van der Waals surface area (Å²) in [5, 5.41) is 1.23. The van der Waals surface area contributed by atoms with E-state index in [2.05, 4.69) is 9.88 Å². The minimum Gasteiger partial charge on any atom is -0.486 e. The third-order valence-electron chi connectivity index (χ3n) is 5.65. The molecule has 0 unspecified atom stereocenters. The molecule has 0 amide bonds. The van der Waals surface area contributed by atoms with Crippen LogP contribution in [-0.4, -0.2) is 29.5 Å². The standard InChI is InChI=1S/C21H18Cl2N2O3/c1-12-8-19-14(10-15(12)23)17(26)11-21(28-19)4-6-25(7-5-21)20-24-16-9-13(22)2-3-18(16)27-20/h2-3,8-10H,4-7,11H2,1H3. The van der Waals surface area contributed by atoms with E-state index in [0.29, 0.717) is 52.5 Å². The van der Waals surface area contributed by atoms with E-state index in [9.17, 15) is 4.79 Å². The van der Waals surface area contributed by atoms with Crippen molar-refractivity contribution in [1.82, 2.24) is 4.98 Å². The number of Topliss-reactive ketones (excluding diaryl/α,β-unsaturated/α-hetero) is 1. The largest absolute Gasteiger partial charge is 0.486 e. The highest BCUT2D eigenvalue weighted by molar-refractivity contribution is 6.32. The first-order valence-electron chi connectivity index (χ1n) is 9.26. The second-order valence-corrected chi connectivity index (χ2v) is 8.42. The monoisotopic (exact) mass is 416 g/mol. The number of carbonyl (C=O) groups is 1. The molecule has 7 heteroatoms. The number of rotatable bonds is 1. The molecule has 1 saturated heterocycles. The number of hydrogen-bond donors (Lipinski definition) is 0. The molecule has 0 aliphatic carbocycles. The number of nitrogens with zero attached hydrogens (tertiary/aromatic N) is 2. The lowest BCUT2D eigenvalue weighted by Crippen LogP contribution is -2.51. The first-order chi connectivity index (χ1) is 13.4. The average Bonchev–Trinajstić information content (AvgIpc) is 3.07.